The van der Waals surface area contributed by atoms with Crippen LogP contribution in [0.25, 0.3) is 33.1 Å². The Morgan fingerprint density at radius 2 is 2.07 bits per heavy atom. The second-order valence-electron chi connectivity index (χ2n) is 7.33. The van der Waals surface area contributed by atoms with Crippen LogP contribution in [0, 0.1) is 13.8 Å². The van der Waals surface area contributed by atoms with Crippen LogP contribution in [0.4, 0.5) is 0 Å². The van der Waals surface area contributed by atoms with Crippen molar-refractivity contribution in [2.75, 3.05) is 0 Å². The van der Waals surface area contributed by atoms with Crippen LogP contribution in [0.5, 0.6) is 5.75 Å². The molecule has 7 heteroatoms. The number of aryl methyl sites for hydroxylation is 3. The lowest BCUT2D eigenvalue weighted by atomic mass is 10.0. The van der Waals surface area contributed by atoms with Crippen molar-refractivity contribution < 1.29 is 9.26 Å². The molecule has 4 aromatic rings. The summed E-state index contributed by atoms with van der Waals surface area (Å²) in [5, 5.41) is 4.93. The van der Waals surface area contributed by atoms with Crippen molar-refractivity contribution in [3.05, 3.63) is 40.3 Å². The van der Waals surface area contributed by atoms with E-state index in [-0.39, 0.29) is 11.8 Å². The molecule has 0 amide bonds. The molecule has 0 aliphatic heterocycles. The van der Waals surface area contributed by atoms with Gasteiger partial charge in [-0.15, -0.1) is 0 Å². The molecular weight excluding hydrogens is 356 g/mol. The molecule has 3 aromatic heterocycles. The molecule has 0 saturated carbocycles. The lowest BCUT2D eigenvalue weighted by molar-refractivity contribution is 0.244. The van der Waals surface area contributed by atoms with Crippen molar-refractivity contribution >= 4 is 21.9 Å². The van der Waals surface area contributed by atoms with Crippen LogP contribution < -0.4 is 10.4 Å². The average molecular weight is 380 g/mol. The van der Waals surface area contributed by atoms with Gasteiger partial charge in [0, 0.05) is 17.5 Å². The average Bonchev–Trinajstić information content (AvgIpc) is 3.14. The first kappa shape index (κ1) is 18.3. The molecule has 0 aliphatic rings. The number of imidazole rings is 1. The summed E-state index contributed by atoms with van der Waals surface area (Å²) < 4.78 is 13.2. The summed E-state index contributed by atoms with van der Waals surface area (Å²) in [7, 11) is 0. The van der Waals surface area contributed by atoms with Crippen molar-refractivity contribution in [3.63, 3.8) is 0 Å². The third-order valence-electron chi connectivity index (χ3n) is 4.83. The lowest BCUT2D eigenvalue weighted by Gasteiger charge is -2.15. The number of pyridine rings is 1. The zero-order chi connectivity index (χ0) is 20.0. The molecule has 0 bridgehead atoms. The molecule has 7 nitrogen and oxygen atoms in total. The Hall–Kier alpha value is -3.09. The summed E-state index contributed by atoms with van der Waals surface area (Å²) in [6.45, 7) is 10.5. The number of nitrogens with one attached hydrogen (secondary N) is 1. The molecule has 0 atom stereocenters. The first-order valence-electron chi connectivity index (χ1n) is 9.55. The van der Waals surface area contributed by atoms with Gasteiger partial charge in [-0.05, 0) is 46.2 Å². The molecule has 4 rings (SSSR count). The van der Waals surface area contributed by atoms with Crippen LogP contribution >= 0.6 is 0 Å². The second kappa shape index (κ2) is 6.82. The molecule has 0 fully saturated rings. The number of nitrogens with zero attached hydrogens (tertiary/aromatic N) is 3. The van der Waals surface area contributed by atoms with Gasteiger partial charge in [0.25, 0.3) is 0 Å². The highest BCUT2D eigenvalue weighted by Crippen LogP contribution is 2.39. The standard InChI is InChI=1S/C21H24N4O3/c1-6-7-25-17-10-22-16-8-15(19-12(4)24-28-13(19)5)18(27-11(2)3)9-14(16)20(17)23-21(25)26/h8-11H,6-7H2,1-5H3,(H,23,26). The van der Waals surface area contributed by atoms with E-state index in [4.69, 9.17) is 9.26 Å². The summed E-state index contributed by atoms with van der Waals surface area (Å²) >= 11 is 0. The maximum atomic E-state index is 12.4. The van der Waals surface area contributed by atoms with Gasteiger partial charge in [0.15, 0.2) is 0 Å². The first-order chi connectivity index (χ1) is 13.4. The van der Waals surface area contributed by atoms with Gasteiger partial charge < -0.3 is 14.2 Å². The number of rotatable bonds is 5. The van der Waals surface area contributed by atoms with E-state index in [1.54, 1.807) is 10.8 Å². The number of aromatic amines is 1. The minimum absolute atomic E-state index is 0.00688. The molecule has 146 valence electrons. The van der Waals surface area contributed by atoms with Crippen molar-refractivity contribution in [2.24, 2.45) is 0 Å². The Balaban J connectivity index is 2.04. The number of benzene rings is 1. The van der Waals surface area contributed by atoms with Gasteiger partial charge in [0.05, 0.1) is 40.1 Å². The van der Waals surface area contributed by atoms with Gasteiger partial charge in [0.1, 0.15) is 11.5 Å². The molecule has 28 heavy (non-hydrogen) atoms. The van der Waals surface area contributed by atoms with Gasteiger partial charge in [-0.1, -0.05) is 12.1 Å². The fourth-order valence-electron chi connectivity index (χ4n) is 3.69. The highest BCUT2D eigenvalue weighted by molar-refractivity contribution is 6.04. The van der Waals surface area contributed by atoms with E-state index in [0.29, 0.717) is 6.54 Å². The van der Waals surface area contributed by atoms with Crippen LogP contribution in [-0.2, 0) is 6.54 Å². The number of ether oxygens (including phenoxy) is 1. The van der Waals surface area contributed by atoms with Crippen LogP contribution in [-0.4, -0.2) is 25.8 Å². The monoisotopic (exact) mass is 380 g/mol. The van der Waals surface area contributed by atoms with Gasteiger partial charge >= 0.3 is 5.69 Å². The van der Waals surface area contributed by atoms with Gasteiger partial charge in [0.2, 0.25) is 0 Å². The Labute approximate surface area is 162 Å². The molecule has 0 unspecified atom stereocenters. The molecular formula is C21H24N4O3. The topological polar surface area (TPSA) is 85.9 Å². The fraction of sp³-hybridized carbons (Fsp3) is 0.381. The molecule has 0 spiro atoms. The predicted octanol–water partition coefficient (Wildman–Crippen LogP) is 4.35. The fourth-order valence-corrected chi connectivity index (χ4v) is 3.69. The normalized spacial score (nSPS) is 11.8. The zero-order valence-corrected chi connectivity index (χ0v) is 16.8. The highest BCUT2D eigenvalue weighted by Gasteiger charge is 2.20. The van der Waals surface area contributed by atoms with E-state index in [0.717, 1.165) is 56.7 Å². The lowest BCUT2D eigenvalue weighted by Crippen LogP contribution is -2.16. The van der Waals surface area contributed by atoms with E-state index < -0.39 is 0 Å². The van der Waals surface area contributed by atoms with Gasteiger partial charge in [-0.3, -0.25) is 9.55 Å². The second-order valence-corrected chi connectivity index (χ2v) is 7.33. The van der Waals surface area contributed by atoms with E-state index in [2.05, 4.69) is 15.1 Å². The molecule has 1 N–H and O–H groups in total. The zero-order valence-electron chi connectivity index (χ0n) is 16.8. The summed E-state index contributed by atoms with van der Waals surface area (Å²) in [5.74, 6) is 1.45. The van der Waals surface area contributed by atoms with E-state index in [1.165, 1.54) is 0 Å². The van der Waals surface area contributed by atoms with Crippen LogP contribution in [0.15, 0.2) is 27.6 Å². The van der Waals surface area contributed by atoms with Crippen LogP contribution in [0.2, 0.25) is 0 Å². The Kier molecular flexibility index (Phi) is 4.45. The smallest absolute Gasteiger partial charge is 0.326 e. The minimum Gasteiger partial charge on any atom is -0.490 e. The van der Waals surface area contributed by atoms with Crippen molar-refractivity contribution in [1.82, 2.24) is 19.7 Å². The number of aromatic nitrogens is 4. The van der Waals surface area contributed by atoms with Crippen molar-refractivity contribution in [3.8, 4) is 16.9 Å². The molecule has 0 radical (unpaired) electrons. The quantitative estimate of drug-likeness (QED) is 0.556. The maximum absolute atomic E-state index is 12.4. The van der Waals surface area contributed by atoms with Crippen LogP contribution in [0.1, 0.15) is 38.6 Å². The summed E-state index contributed by atoms with van der Waals surface area (Å²) in [4.78, 5) is 20.0. The molecule has 0 aliphatic carbocycles. The predicted molar refractivity (Wildman–Crippen MR) is 109 cm³/mol. The highest BCUT2D eigenvalue weighted by atomic mass is 16.5. The number of hydrogen-bond donors (Lipinski definition) is 1. The summed E-state index contributed by atoms with van der Waals surface area (Å²) in [6.07, 6.45) is 2.62. The number of H-pyrrole nitrogens is 1. The van der Waals surface area contributed by atoms with E-state index in [1.807, 2.05) is 46.8 Å². The Morgan fingerprint density at radius 1 is 1.29 bits per heavy atom. The summed E-state index contributed by atoms with van der Waals surface area (Å²) in [5.41, 5.74) is 4.85. The third kappa shape index (κ3) is 2.87. The van der Waals surface area contributed by atoms with Crippen molar-refractivity contribution in [1.29, 1.82) is 0 Å². The van der Waals surface area contributed by atoms with Gasteiger partial charge in [-0.25, -0.2) is 4.79 Å². The van der Waals surface area contributed by atoms with Crippen LogP contribution in [0.3, 0.4) is 0 Å². The largest absolute Gasteiger partial charge is 0.490 e. The number of hydrogen-bond acceptors (Lipinski definition) is 5. The molecule has 3 heterocycles. The molecule has 1 aromatic carbocycles. The summed E-state index contributed by atoms with van der Waals surface area (Å²) in [6, 6.07) is 3.94. The van der Waals surface area contributed by atoms with E-state index >= 15 is 0 Å². The van der Waals surface area contributed by atoms with E-state index in [9.17, 15) is 4.79 Å². The van der Waals surface area contributed by atoms with Gasteiger partial charge in [-0.2, -0.15) is 0 Å². The third-order valence-corrected chi connectivity index (χ3v) is 4.83. The first-order valence-corrected chi connectivity index (χ1v) is 9.55. The number of fused-ring (bicyclic) bond motifs is 3. The maximum Gasteiger partial charge on any atom is 0.326 e. The molecule has 0 saturated heterocycles. The SMILES string of the molecule is CCCn1c(=O)[nH]c2c3cc(OC(C)C)c(-c4c(C)noc4C)cc3ncc21. The minimum atomic E-state index is -0.118. The van der Waals surface area contributed by atoms with Crippen molar-refractivity contribution in [2.45, 2.75) is 53.7 Å². The Bertz CT molecular complexity index is 1210. The Morgan fingerprint density at radius 3 is 2.71 bits per heavy atom.